The van der Waals surface area contributed by atoms with Gasteiger partial charge in [-0.25, -0.2) is 70.2 Å². The van der Waals surface area contributed by atoms with Crippen LogP contribution in [-0.4, -0.2) is 0 Å². The van der Waals surface area contributed by atoms with E-state index in [1.807, 2.05) is 27.7 Å². The first kappa shape index (κ1) is 41.7. The van der Waals surface area contributed by atoms with Crippen molar-refractivity contribution >= 4 is 0 Å². The van der Waals surface area contributed by atoms with E-state index < -0.39 is 144 Å². The lowest BCUT2D eigenvalue weighted by molar-refractivity contribution is 0.345. The molecule has 0 saturated heterocycles. The Morgan fingerprint density at radius 2 is 0.620 bits per heavy atom. The second-order valence-corrected chi connectivity index (χ2v) is 10.6. The second kappa shape index (κ2) is 15.2. The number of hydrogen-bond donors (Lipinski definition) is 0. The van der Waals surface area contributed by atoms with Gasteiger partial charge in [-0.05, 0) is 51.3 Å². The molecule has 4 rings (SSSR count). The Morgan fingerprint density at radius 1 is 0.380 bits per heavy atom. The van der Waals surface area contributed by atoms with Crippen LogP contribution >= 0.6 is 0 Å². The Labute approximate surface area is 274 Å². The fourth-order valence-electron chi connectivity index (χ4n) is 5.11. The molecule has 4 aromatic carbocycles. The normalized spacial score (nSPS) is 12.1. The van der Waals surface area contributed by atoms with Gasteiger partial charge >= 0.3 is 0 Å². The van der Waals surface area contributed by atoms with Gasteiger partial charge in [0.05, 0.1) is 5.41 Å². The summed E-state index contributed by atoms with van der Waals surface area (Å²) in [7, 11) is 0. The molecule has 4 aromatic rings. The predicted octanol–water partition coefficient (Wildman–Crippen LogP) is 11.8. The van der Waals surface area contributed by atoms with E-state index in [1.165, 1.54) is 5.57 Å². The highest BCUT2D eigenvalue weighted by atomic mass is 19.2. The van der Waals surface area contributed by atoms with Crippen molar-refractivity contribution < 1.29 is 70.2 Å². The van der Waals surface area contributed by atoms with Crippen molar-refractivity contribution in [1.29, 1.82) is 0 Å². The van der Waals surface area contributed by atoms with Crippen LogP contribution in [0.2, 0.25) is 0 Å². The summed E-state index contributed by atoms with van der Waals surface area (Å²) in [4.78, 5) is 0. The van der Waals surface area contributed by atoms with E-state index in [1.54, 1.807) is 0 Å². The average Bonchev–Trinajstić information content (AvgIpc) is 3.06. The minimum Gasteiger partial charge on any atom is -0.204 e. The molecule has 0 N–H and O–H groups in total. The van der Waals surface area contributed by atoms with Crippen LogP contribution in [0, 0.1) is 114 Å². The van der Waals surface area contributed by atoms with Crippen molar-refractivity contribution in [3.63, 3.8) is 0 Å². The van der Waals surface area contributed by atoms with Crippen LogP contribution < -0.4 is 0 Å². The van der Waals surface area contributed by atoms with Gasteiger partial charge in [-0.3, -0.25) is 0 Å². The summed E-state index contributed by atoms with van der Waals surface area (Å²) in [6.45, 7) is 12.6. The maximum Gasteiger partial charge on any atom is 0.200 e. The number of hydrogen-bond acceptors (Lipinski definition) is 0. The summed E-state index contributed by atoms with van der Waals surface area (Å²) in [6.07, 6.45) is 0. The highest BCUT2D eigenvalue weighted by Gasteiger charge is 2.55. The Hall–Kier alpha value is -4.50. The van der Waals surface area contributed by atoms with Gasteiger partial charge in [-0.1, -0.05) is 19.4 Å². The fourth-order valence-corrected chi connectivity index (χ4v) is 5.11. The first-order chi connectivity index (χ1) is 23.0. The highest BCUT2D eigenvalue weighted by Crippen LogP contribution is 2.55. The number of benzene rings is 4. The van der Waals surface area contributed by atoms with Crippen LogP contribution in [0.3, 0.4) is 0 Å². The third kappa shape index (κ3) is 6.32. The van der Waals surface area contributed by atoms with Crippen molar-refractivity contribution in [2.75, 3.05) is 0 Å². The average molecular weight is 737 g/mol. The summed E-state index contributed by atoms with van der Waals surface area (Å²) in [5.41, 5.74) is -18.5. The molecule has 0 aliphatic heterocycles. The summed E-state index contributed by atoms with van der Waals surface area (Å²) >= 11 is 0. The molecule has 0 bridgehead atoms. The molecule has 0 aliphatic carbocycles. The van der Waals surface area contributed by atoms with Gasteiger partial charge in [0.1, 0.15) is 0 Å². The SMILES string of the molecule is C=C(C)C.CC.Cc1c(C)c(C(c2c(C)c(F)c(F)c(F)c2F)(c2c(F)c(F)cc(F)c2F)c2c(F)c(F)c(F)c(F)c2F)c(F)c(F)c1F. The van der Waals surface area contributed by atoms with Gasteiger partial charge in [-0.2, -0.15) is 0 Å². The Morgan fingerprint density at radius 3 is 1.00 bits per heavy atom. The Balaban J connectivity index is 0.00000135. The van der Waals surface area contributed by atoms with Gasteiger partial charge < -0.3 is 0 Å². The molecule has 1 unspecified atom stereocenters. The smallest absolute Gasteiger partial charge is 0.200 e. The topological polar surface area (TPSA) is 0 Å². The van der Waals surface area contributed by atoms with E-state index >= 15 is 26.3 Å². The minimum absolute atomic E-state index is 0.155. The highest BCUT2D eigenvalue weighted by molar-refractivity contribution is 5.66. The molecule has 272 valence electrons. The summed E-state index contributed by atoms with van der Waals surface area (Å²) < 4.78 is 241. The Bertz CT molecular complexity index is 1730. The van der Waals surface area contributed by atoms with Crippen LogP contribution in [0.15, 0.2) is 18.2 Å². The lowest BCUT2D eigenvalue weighted by atomic mass is 9.61. The molecule has 0 aromatic heterocycles. The minimum atomic E-state index is -4.93. The second-order valence-electron chi connectivity index (χ2n) is 10.6. The molecule has 50 heavy (non-hydrogen) atoms. The monoisotopic (exact) mass is 736 g/mol. The standard InChI is InChI=1S/C28H10F16.C4H8.C2H6/c1-5-6(2)14(31)22(39)18(35)10(5)28(12-16(33)8(29)4-9(30)17(12)34,11-7(3)15(32)23(40)24(41)19(11)36)13-20(37)25(42)27(44)26(43)21(13)38;1-4(2)3;1-2/h4H,1-3H3;1H2,2-3H3;1-2H3. The van der Waals surface area contributed by atoms with Gasteiger partial charge in [-0.15, -0.1) is 6.58 Å². The molecular weight excluding hydrogens is 712 g/mol. The molecule has 0 heterocycles. The summed E-state index contributed by atoms with van der Waals surface area (Å²) in [5, 5.41) is 0. The third-order valence-corrected chi connectivity index (χ3v) is 7.20. The quantitative estimate of drug-likeness (QED) is 0.0644. The van der Waals surface area contributed by atoms with E-state index in [0.29, 0.717) is 13.8 Å². The van der Waals surface area contributed by atoms with Gasteiger partial charge in [0, 0.05) is 28.3 Å². The number of allylic oxidation sites excluding steroid dienone is 1. The molecule has 1 atom stereocenters. The van der Waals surface area contributed by atoms with Crippen LogP contribution in [0.1, 0.15) is 66.6 Å². The van der Waals surface area contributed by atoms with Crippen molar-refractivity contribution in [3.05, 3.63) is 150 Å². The van der Waals surface area contributed by atoms with Crippen LogP contribution in [-0.2, 0) is 5.41 Å². The molecule has 0 fully saturated rings. The summed E-state index contributed by atoms with van der Waals surface area (Å²) in [5.74, 6) is -45.9. The molecule has 0 amide bonds. The van der Waals surface area contributed by atoms with Crippen LogP contribution in [0.4, 0.5) is 70.2 Å². The molecule has 0 radical (unpaired) electrons. The zero-order valence-electron chi connectivity index (χ0n) is 26.8. The van der Waals surface area contributed by atoms with Crippen LogP contribution in [0.25, 0.3) is 0 Å². The van der Waals surface area contributed by atoms with Crippen LogP contribution in [0.5, 0.6) is 0 Å². The largest absolute Gasteiger partial charge is 0.204 e. The van der Waals surface area contributed by atoms with Crippen molar-refractivity contribution in [2.24, 2.45) is 0 Å². The third-order valence-electron chi connectivity index (χ3n) is 7.20. The first-order valence-electron chi connectivity index (χ1n) is 14.0. The molecular formula is C34H24F16. The number of rotatable bonds is 4. The zero-order valence-corrected chi connectivity index (χ0v) is 26.8. The molecule has 0 spiro atoms. The zero-order chi connectivity index (χ0) is 39.1. The van der Waals surface area contributed by atoms with E-state index in [0.717, 1.165) is 0 Å². The van der Waals surface area contributed by atoms with Gasteiger partial charge in [0.25, 0.3) is 0 Å². The van der Waals surface area contributed by atoms with E-state index in [2.05, 4.69) is 6.58 Å². The van der Waals surface area contributed by atoms with E-state index in [-0.39, 0.29) is 6.92 Å². The maximum atomic E-state index is 15.9. The lowest BCUT2D eigenvalue weighted by Crippen LogP contribution is -2.41. The van der Waals surface area contributed by atoms with Crippen molar-refractivity contribution in [3.8, 4) is 0 Å². The lowest BCUT2D eigenvalue weighted by Gasteiger charge is -2.40. The van der Waals surface area contributed by atoms with Crippen molar-refractivity contribution in [1.82, 2.24) is 0 Å². The molecule has 0 aliphatic rings. The molecule has 0 saturated carbocycles. The van der Waals surface area contributed by atoms with Crippen molar-refractivity contribution in [2.45, 2.75) is 53.9 Å². The van der Waals surface area contributed by atoms with E-state index in [4.69, 9.17) is 0 Å². The molecule has 0 nitrogen and oxygen atoms in total. The Kier molecular flexibility index (Phi) is 12.6. The fraction of sp³-hybridized carbons (Fsp3) is 0.235. The predicted molar refractivity (Wildman–Crippen MR) is 150 cm³/mol. The summed E-state index contributed by atoms with van der Waals surface area (Å²) in [6, 6.07) is -0.605. The van der Waals surface area contributed by atoms with Gasteiger partial charge in [0.15, 0.2) is 87.3 Å². The molecule has 16 heteroatoms. The first-order valence-corrected chi connectivity index (χ1v) is 14.0. The van der Waals surface area contributed by atoms with E-state index in [9.17, 15) is 43.9 Å². The van der Waals surface area contributed by atoms with Gasteiger partial charge in [0.2, 0.25) is 5.82 Å². The number of halogens is 16. The maximum absolute atomic E-state index is 15.9.